The molecular formula is C13H10Cl2O3S. The summed E-state index contributed by atoms with van der Waals surface area (Å²) in [6.45, 7) is 1.92. The number of hydrogen-bond donors (Lipinski definition) is 0. The summed E-state index contributed by atoms with van der Waals surface area (Å²) in [5.41, 5.74) is 1.01. The van der Waals surface area contributed by atoms with Crippen LogP contribution < -0.4 is 4.74 Å². The van der Waals surface area contributed by atoms with Crippen molar-refractivity contribution in [1.82, 2.24) is 0 Å². The predicted molar refractivity (Wildman–Crippen MR) is 75.7 cm³/mol. The van der Waals surface area contributed by atoms with Crippen LogP contribution in [-0.2, 0) is 9.05 Å². The lowest BCUT2D eigenvalue weighted by Crippen LogP contribution is -1.91. The molecule has 19 heavy (non-hydrogen) atoms. The van der Waals surface area contributed by atoms with Crippen LogP contribution in [0.1, 0.15) is 5.56 Å². The van der Waals surface area contributed by atoms with E-state index in [9.17, 15) is 8.42 Å². The highest BCUT2D eigenvalue weighted by Crippen LogP contribution is 2.30. The van der Waals surface area contributed by atoms with Crippen LogP contribution >= 0.6 is 22.3 Å². The average molecular weight is 317 g/mol. The fourth-order valence-electron chi connectivity index (χ4n) is 1.49. The van der Waals surface area contributed by atoms with E-state index in [1.54, 1.807) is 12.1 Å². The van der Waals surface area contributed by atoms with Crippen LogP contribution in [0.2, 0.25) is 5.02 Å². The molecule has 0 bridgehead atoms. The molecule has 0 aromatic heterocycles. The van der Waals surface area contributed by atoms with Crippen LogP contribution in [0.3, 0.4) is 0 Å². The van der Waals surface area contributed by atoms with E-state index in [1.165, 1.54) is 24.3 Å². The first-order valence-electron chi connectivity index (χ1n) is 5.35. The van der Waals surface area contributed by atoms with Crippen molar-refractivity contribution in [3.8, 4) is 11.5 Å². The van der Waals surface area contributed by atoms with Gasteiger partial charge in [-0.15, -0.1) is 0 Å². The van der Waals surface area contributed by atoms with E-state index >= 15 is 0 Å². The maximum absolute atomic E-state index is 11.1. The summed E-state index contributed by atoms with van der Waals surface area (Å²) in [4.78, 5) is 0.0249. The standard InChI is InChI=1S/C13H10Cl2O3S/c1-9-2-7-12(14)13(8-9)18-10-3-5-11(6-4-10)19(15,16)17/h2-8H,1H3. The van der Waals surface area contributed by atoms with Gasteiger partial charge in [-0.3, -0.25) is 0 Å². The molecule has 2 aromatic rings. The third-order valence-electron chi connectivity index (χ3n) is 2.42. The summed E-state index contributed by atoms with van der Waals surface area (Å²) < 4.78 is 27.8. The summed E-state index contributed by atoms with van der Waals surface area (Å²) in [6.07, 6.45) is 0. The van der Waals surface area contributed by atoms with Crippen LogP contribution in [0.15, 0.2) is 47.4 Å². The van der Waals surface area contributed by atoms with Crippen LogP contribution in [0.5, 0.6) is 11.5 Å². The number of ether oxygens (including phenoxy) is 1. The van der Waals surface area contributed by atoms with Gasteiger partial charge in [-0.05, 0) is 48.9 Å². The first-order valence-corrected chi connectivity index (χ1v) is 8.04. The van der Waals surface area contributed by atoms with Gasteiger partial charge in [0.25, 0.3) is 9.05 Å². The van der Waals surface area contributed by atoms with Crippen LogP contribution in [0.25, 0.3) is 0 Å². The molecule has 0 aliphatic rings. The van der Waals surface area contributed by atoms with Crippen molar-refractivity contribution in [1.29, 1.82) is 0 Å². The molecule has 0 heterocycles. The van der Waals surface area contributed by atoms with E-state index in [1.807, 2.05) is 13.0 Å². The molecule has 0 saturated heterocycles. The summed E-state index contributed by atoms with van der Waals surface area (Å²) in [7, 11) is 1.51. The van der Waals surface area contributed by atoms with Gasteiger partial charge in [0.15, 0.2) is 0 Å². The third kappa shape index (κ3) is 3.62. The zero-order valence-electron chi connectivity index (χ0n) is 9.93. The third-order valence-corrected chi connectivity index (χ3v) is 4.10. The minimum Gasteiger partial charge on any atom is -0.456 e. The molecule has 0 saturated carbocycles. The average Bonchev–Trinajstić information content (AvgIpc) is 2.33. The lowest BCUT2D eigenvalue weighted by molar-refractivity contribution is 0.482. The Balaban J connectivity index is 2.27. The molecule has 0 unspecified atom stereocenters. The van der Waals surface area contributed by atoms with E-state index < -0.39 is 9.05 Å². The Morgan fingerprint density at radius 3 is 2.26 bits per heavy atom. The minimum atomic E-state index is -3.72. The van der Waals surface area contributed by atoms with Crippen molar-refractivity contribution >= 4 is 31.3 Å². The highest BCUT2D eigenvalue weighted by molar-refractivity contribution is 8.13. The minimum absolute atomic E-state index is 0.0249. The van der Waals surface area contributed by atoms with E-state index in [0.29, 0.717) is 16.5 Å². The summed E-state index contributed by atoms with van der Waals surface area (Å²) in [5.74, 6) is 1.000. The molecule has 2 aromatic carbocycles. The summed E-state index contributed by atoms with van der Waals surface area (Å²) in [6, 6.07) is 11.2. The van der Waals surface area contributed by atoms with Crippen molar-refractivity contribution in [2.75, 3.05) is 0 Å². The quantitative estimate of drug-likeness (QED) is 0.790. The van der Waals surface area contributed by atoms with Gasteiger partial charge < -0.3 is 4.74 Å². The fourth-order valence-corrected chi connectivity index (χ4v) is 2.41. The predicted octanol–water partition coefficient (Wildman–Crippen LogP) is 4.37. The van der Waals surface area contributed by atoms with Gasteiger partial charge in [-0.1, -0.05) is 17.7 Å². The molecule has 0 aliphatic heterocycles. The second-order valence-electron chi connectivity index (χ2n) is 3.95. The van der Waals surface area contributed by atoms with Gasteiger partial charge in [0, 0.05) is 10.7 Å². The Morgan fingerprint density at radius 2 is 1.68 bits per heavy atom. The van der Waals surface area contributed by atoms with Crippen LogP contribution in [0.4, 0.5) is 0 Å². The van der Waals surface area contributed by atoms with Crippen molar-refractivity contribution in [3.63, 3.8) is 0 Å². The highest BCUT2D eigenvalue weighted by atomic mass is 35.7. The molecule has 100 valence electrons. The lowest BCUT2D eigenvalue weighted by Gasteiger charge is -2.08. The highest BCUT2D eigenvalue weighted by Gasteiger charge is 2.10. The Morgan fingerprint density at radius 1 is 1.05 bits per heavy atom. The SMILES string of the molecule is Cc1ccc(Cl)c(Oc2ccc(S(=O)(=O)Cl)cc2)c1. The number of hydrogen-bond acceptors (Lipinski definition) is 3. The Bertz CT molecular complexity index is 694. The summed E-state index contributed by atoms with van der Waals surface area (Å²) in [5, 5.41) is 0.486. The number of aryl methyl sites for hydroxylation is 1. The lowest BCUT2D eigenvalue weighted by atomic mass is 10.2. The molecule has 0 N–H and O–H groups in total. The topological polar surface area (TPSA) is 43.4 Å². The van der Waals surface area contributed by atoms with Crippen LogP contribution in [0, 0.1) is 6.92 Å². The normalized spacial score (nSPS) is 11.3. The second-order valence-corrected chi connectivity index (χ2v) is 6.92. The first-order chi connectivity index (χ1) is 8.86. The Hall–Kier alpha value is -1.23. The molecule has 0 spiro atoms. The zero-order valence-corrected chi connectivity index (χ0v) is 12.3. The Kier molecular flexibility index (Phi) is 4.04. The first kappa shape index (κ1) is 14.2. The van der Waals surface area contributed by atoms with Gasteiger partial charge in [-0.25, -0.2) is 8.42 Å². The smallest absolute Gasteiger partial charge is 0.261 e. The zero-order chi connectivity index (χ0) is 14.0. The maximum atomic E-state index is 11.1. The van der Waals surface area contributed by atoms with Gasteiger partial charge in [-0.2, -0.15) is 0 Å². The van der Waals surface area contributed by atoms with Crippen molar-refractivity contribution in [3.05, 3.63) is 53.1 Å². The number of rotatable bonds is 3. The molecule has 0 aliphatic carbocycles. The summed E-state index contributed by atoms with van der Waals surface area (Å²) >= 11 is 6.01. The molecule has 0 atom stereocenters. The van der Waals surface area contributed by atoms with Crippen molar-refractivity contribution in [2.24, 2.45) is 0 Å². The molecule has 6 heteroatoms. The molecular weight excluding hydrogens is 307 g/mol. The maximum Gasteiger partial charge on any atom is 0.261 e. The molecule has 0 radical (unpaired) electrons. The van der Waals surface area contributed by atoms with E-state index in [0.717, 1.165) is 5.56 Å². The van der Waals surface area contributed by atoms with Gasteiger partial charge in [0.1, 0.15) is 11.5 Å². The van der Waals surface area contributed by atoms with Crippen LogP contribution in [-0.4, -0.2) is 8.42 Å². The van der Waals surface area contributed by atoms with E-state index in [4.69, 9.17) is 27.0 Å². The Labute approximate surface area is 121 Å². The molecule has 3 nitrogen and oxygen atoms in total. The molecule has 0 fully saturated rings. The van der Waals surface area contributed by atoms with E-state index in [-0.39, 0.29) is 4.90 Å². The van der Waals surface area contributed by atoms with Gasteiger partial charge in [0.05, 0.1) is 9.92 Å². The van der Waals surface area contributed by atoms with Gasteiger partial charge >= 0.3 is 0 Å². The number of halogens is 2. The fraction of sp³-hybridized carbons (Fsp3) is 0.0769. The van der Waals surface area contributed by atoms with Crippen molar-refractivity contribution in [2.45, 2.75) is 11.8 Å². The molecule has 0 amide bonds. The number of benzene rings is 2. The largest absolute Gasteiger partial charge is 0.456 e. The van der Waals surface area contributed by atoms with Crippen molar-refractivity contribution < 1.29 is 13.2 Å². The monoisotopic (exact) mass is 316 g/mol. The van der Waals surface area contributed by atoms with E-state index in [2.05, 4.69) is 0 Å². The molecule has 2 rings (SSSR count). The second kappa shape index (κ2) is 5.41. The van der Waals surface area contributed by atoms with Gasteiger partial charge in [0.2, 0.25) is 0 Å².